The van der Waals surface area contributed by atoms with Crippen LogP contribution in [0.1, 0.15) is 16.7 Å². The smallest absolute Gasteiger partial charge is 0.123 e. The Morgan fingerprint density at radius 2 is 1.68 bits per heavy atom. The van der Waals surface area contributed by atoms with Crippen LogP contribution in [0.4, 0.5) is 4.39 Å². The van der Waals surface area contributed by atoms with Crippen LogP contribution >= 0.6 is 0 Å². The van der Waals surface area contributed by atoms with Crippen LogP contribution in [-0.2, 0) is 19.6 Å². The molecule has 0 heterocycles. The molecule has 3 heteroatoms. The van der Waals surface area contributed by atoms with Crippen LogP contribution in [-0.4, -0.2) is 11.7 Å². The van der Waals surface area contributed by atoms with Crippen LogP contribution in [0.5, 0.6) is 0 Å². The van der Waals surface area contributed by atoms with E-state index >= 15 is 0 Å². The van der Waals surface area contributed by atoms with E-state index in [4.69, 9.17) is 5.11 Å². The summed E-state index contributed by atoms with van der Waals surface area (Å²) in [5.74, 6) is -0.195. The van der Waals surface area contributed by atoms with Gasteiger partial charge in [0.05, 0.1) is 6.61 Å². The molecular formula is C16H18FNO. The van der Waals surface area contributed by atoms with Gasteiger partial charge in [0.25, 0.3) is 0 Å². The molecule has 0 aromatic heterocycles. The van der Waals surface area contributed by atoms with Crippen molar-refractivity contribution in [2.75, 3.05) is 6.54 Å². The molecule has 2 nitrogen and oxygen atoms in total. The van der Waals surface area contributed by atoms with Gasteiger partial charge in [-0.25, -0.2) is 4.39 Å². The van der Waals surface area contributed by atoms with Crippen molar-refractivity contribution in [3.8, 4) is 0 Å². The molecule has 0 radical (unpaired) electrons. The Labute approximate surface area is 112 Å². The van der Waals surface area contributed by atoms with Gasteiger partial charge in [-0.2, -0.15) is 0 Å². The summed E-state index contributed by atoms with van der Waals surface area (Å²) in [6, 6.07) is 14.5. The molecule has 0 unspecified atom stereocenters. The van der Waals surface area contributed by atoms with Crippen LogP contribution in [0.15, 0.2) is 48.5 Å². The average molecular weight is 259 g/mol. The second kappa shape index (κ2) is 7.02. The van der Waals surface area contributed by atoms with Gasteiger partial charge in [-0.1, -0.05) is 36.4 Å². The van der Waals surface area contributed by atoms with Gasteiger partial charge >= 0.3 is 0 Å². The van der Waals surface area contributed by atoms with E-state index in [0.717, 1.165) is 24.1 Å². The zero-order valence-corrected chi connectivity index (χ0v) is 10.8. The first kappa shape index (κ1) is 13.7. The van der Waals surface area contributed by atoms with Crippen LogP contribution in [0, 0.1) is 5.82 Å². The van der Waals surface area contributed by atoms with Crippen molar-refractivity contribution < 1.29 is 9.50 Å². The lowest BCUT2D eigenvalue weighted by molar-refractivity contribution is 0.282. The largest absolute Gasteiger partial charge is 0.392 e. The number of hydrogen-bond donors (Lipinski definition) is 2. The summed E-state index contributed by atoms with van der Waals surface area (Å²) in [4.78, 5) is 0. The lowest BCUT2D eigenvalue weighted by Gasteiger charge is -2.06. The van der Waals surface area contributed by atoms with E-state index in [9.17, 15) is 4.39 Å². The Kier molecular flexibility index (Phi) is 5.07. The van der Waals surface area contributed by atoms with E-state index in [0.29, 0.717) is 6.54 Å². The third kappa shape index (κ3) is 4.47. The molecule has 0 aliphatic heterocycles. The Morgan fingerprint density at radius 3 is 2.37 bits per heavy atom. The van der Waals surface area contributed by atoms with Gasteiger partial charge in [-0.3, -0.25) is 0 Å². The quantitative estimate of drug-likeness (QED) is 0.782. The number of halogens is 1. The van der Waals surface area contributed by atoms with Crippen molar-refractivity contribution in [1.82, 2.24) is 5.32 Å². The average Bonchev–Trinajstić information content (AvgIpc) is 2.44. The lowest BCUT2D eigenvalue weighted by atomic mass is 10.1. The summed E-state index contributed by atoms with van der Waals surface area (Å²) in [5, 5.41) is 12.2. The fourth-order valence-electron chi connectivity index (χ4n) is 1.92. The summed E-state index contributed by atoms with van der Waals surface area (Å²) in [5.41, 5.74) is 3.11. The number of hydrogen-bond acceptors (Lipinski definition) is 2. The minimum atomic E-state index is -0.195. The molecule has 0 bridgehead atoms. The van der Waals surface area contributed by atoms with Crippen molar-refractivity contribution >= 4 is 0 Å². The number of nitrogens with one attached hydrogen (secondary N) is 1. The van der Waals surface area contributed by atoms with Crippen molar-refractivity contribution in [1.29, 1.82) is 0 Å². The van der Waals surface area contributed by atoms with Gasteiger partial charge in [0, 0.05) is 6.54 Å². The fourth-order valence-corrected chi connectivity index (χ4v) is 1.92. The monoisotopic (exact) mass is 259 g/mol. The predicted molar refractivity (Wildman–Crippen MR) is 74.2 cm³/mol. The molecule has 2 aromatic rings. The van der Waals surface area contributed by atoms with Crippen LogP contribution in [0.3, 0.4) is 0 Å². The van der Waals surface area contributed by atoms with Crippen molar-refractivity contribution in [2.24, 2.45) is 0 Å². The molecule has 0 saturated heterocycles. The Hall–Kier alpha value is -1.71. The van der Waals surface area contributed by atoms with Gasteiger partial charge in [0.1, 0.15) is 5.82 Å². The molecule has 2 N–H and O–H groups in total. The van der Waals surface area contributed by atoms with Gasteiger partial charge in [-0.05, 0) is 41.8 Å². The zero-order chi connectivity index (χ0) is 13.5. The number of benzene rings is 2. The SMILES string of the molecule is OCc1ccc(CCNCc2cccc(F)c2)cc1. The molecule has 0 fully saturated rings. The topological polar surface area (TPSA) is 32.3 Å². The second-order valence-electron chi connectivity index (χ2n) is 4.53. The van der Waals surface area contributed by atoms with E-state index < -0.39 is 0 Å². The first-order chi connectivity index (χ1) is 9.28. The third-order valence-corrected chi connectivity index (χ3v) is 3.01. The first-order valence-electron chi connectivity index (χ1n) is 6.42. The van der Waals surface area contributed by atoms with Crippen molar-refractivity contribution in [2.45, 2.75) is 19.6 Å². The number of aliphatic hydroxyl groups excluding tert-OH is 1. The van der Waals surface area contributed by atoms with Crippen LogP contribution < -0.4 is 5.32 Å². The molecule has 0 aliphatic rings. The molecular weight excluding hydrogens is 241 g/mol. The van der Waals surface area contributed by atoms with Crippen molar-refractivity contribution in [3.63, 3.8) is 0 Å². The standard InChI is InChI=1S/C16H18FNO/c17-16-3-1-2-15(10-16)11-18-9-8-13-4-6-14(12-19)7-5-13/h1-7,10,18-19H,8-9,11-12H2. The highest BCUT2D eigenvalue weighted by Crippen LogP contribution is 2.05. The number of rotatable bonds is 6. The van der Waals surface area contributed by atoms with E-state index in [1.165, 1.54) is 11.6 Å². The lowest BCUT2D eigenvalue weighted by Crippen LogP contribution is -2.16. The van der Waals surface area contributed by atoms with E-state index in [-0.39, 0.29) is 12.4 Å². The van der Waals surface area contributed by atoms with E-state index in [2.05, 4.69) is 5.32 Å². The van der Waals surface area contributed by atoms with Gasteiger partial charge in [0.15, 0.2) is 0 Å². The molecule has 2 aromatic carbocycles. The molecule has 100 valence electrons. The summed E-state index contributed by atoms with van der Waals surface area (Å²) < 4.78 is 13.0. The normalized spacial score (nSPS) is 10.6. The summed E-state index contributed by atoms with van der Waals surface area (Å²) in [7, 11) is 0. The predicted octanol–water partition coefficient (Wildman–Crippen LogP) is 2.65. The maximum atomic E-state index is 13.0. The highest BCUT2D eigenvalue weighted by atomic mass is 19.1. The van der Waals surface area contributed by atoms with Gasteiger partial charge in [0.2, 0.25) is 0 Å². The first-order valence-corrected chi connectivity index (χ1v) is 6.42. The van der Waals surface area contributed by atoms with Crippen LogP contribution in [0.25, 0.3) is 0 Å². The molecule has 0 saturated carbocycles. The highest BCUT2D eigenvalue weighted by Gasteiger charge is 1.96. The van der Waals surface area contributed by atoms with E-state index in [1.54, 1.807) is 12.1 Å². The Bertz CT molecular complexity index is 510. The third-order valence-electron chi connectivity index (χ3n) is 3.01. The van der Waals surface area contributed by atoms with Gasteiger partial charge in [-0.15, -0.1) is 0 Å². The molecule has 2 rings (SSSR count). The van der Waals surface area contributed by atoms with E-state index in [1.807, 2.05) is 30.3 Å². The summed E-state index contributed by atoms with van der Waals surface area (Å²) in [6.45, 7) is 1.60. The highest BCUT2D eigenvalue weighted by molar-refractivity contribution is 5.22. The summed E-state index contributed by atoms with van der Waals surface area (Å²) >= 11 is 0. The number of aliphatic hydroxyl groups is 1. The van der Waals surface area contributed by atoms with Gasteiger partial charge < -0.3 is 10.4 Å². The molecule has 0 atom stereocenters. The zero-order valence-electron chi connectivity index (χ0n) is 10.8. The van der Waals surface area contributed by atoms with Crippen LogP contribution in [0.2, 0.25) is 0 Å². The minimum Gasteiger partial charge on any atom is -0.392 e. The Morgan fingerprint density at radius 1 is 0.947 bits per heavy atom. The fraction of sp³-hybridized carbons (Fsp3) is 0.250. The maximum absolute atomic E-state index is 13.0. The summed E-state index contributed by atoms with van der Waals surface area (Å²) in [6.07, 6.45) is 0.918. The molecule has 0 spiro atoms. The molecule has 19 heavy (non-hydrogen) atoms. The molecule has 0 amide bonds. The second-order valence-corrected chi connectivity index (χ2v) is 4.53. The molecule has 0 aliphatic carbocycles. The maximum Gasteiger partial charge on any atom is 0.123 e. The van der Waals surface area contributed by atoms with Crippen molar-refractivity contribution in [3.05, 3.63) is 71.0 Å². The minimum absolute atomic E-state index is 0.0814. The Balaban J connectivity index is 1.74.